The lowest BCUT2D eigenvalue weighted by Gasteiger charge is -2.32. The maximum Gasteiger partial charge on any atom is 0.253 e. The normalized spacial score (nSPS) is 15.2. The molecule has 1 N–H and O–H groups in total. The smallest absolute Gasteiger partial charge is 0.253 e. The lowest BCUT2D eigenvalue weighted by Crippen LogP contribution is -2.34. The first-order valence-corrected chi connectivity index (χ1v) is 9.34. The fourth-order valence-electron chi connectivity index (χ4n) is 3.22. The van der Waals surface area contributed by atoms with E-state index in [0.29, 0.717) is 23.3 Å². The van der Waals surface area contributed by atoms with Crippen molar-refractivity contribution in [2.75, 3.05) is 11.9 Å². The molecule has 0 atom stereocenters. The number of anilines is 1. The van der Waals surface area contributed by atoms with Gasteiger partial charge < -0.3 is 14.7 Å². The molecule has 0 saturated heterocycles. The first-order chi connectivity index (χ1) is 12.5. The average Bonchev–Trinajstić information content (AvgIpc) is 3.16. The molecular weight excluding hydrogens is 330 g/mol. The monoisotopic (exact) mass is 357 g/mol. The SMILES string of the molecule is CC(C)c1nc(CNC(=O)c2ccc(N(C)C3CCCCC3)nc2)no1. The molecule has 1 fully saturated rings. The molecule has 0 radical (unpaired) electrons. The summed E-state index contributed by atoms with van der Waals surface area (Å²) < 4.78 is 5.13. The highest BCUT2D eigenvalue weighted by Crippen LogP contribution is 2.24. The summed E-state index contributed by atoms with van der Waals surface area (Å²) in [5.41, 5.74) is 0.526. The minimum atomic E-state index is -0.194. The highest BCUT2D eigenvalue weighted by Gasteiger charge is 2.19. The topological polar surface area (TPSA) is 84.2 Å². The van der Waals surface area contributed by atoms with E-state index in [1.165, 1.54) is 32.1 Å². The molecule has 1 aliphatic carbocycles. The highest BCUT2D eigenvalue weighted by atomic mass is 16.5. The van der Waals surface area contributed by atoms with Crippen LogP contribution in [0.2, 0.25) is 0 Å². The van der Waals surface area contributed by atoms with Gasteiger partial charge in [-0.1, -0.05) is 38.3 Å². The molecule has 0 unspecified atom stereocenters. The van der Waals surface area contributed by atoms with E-state index in [0.717, 1.165) is 5.82 Å². The molecule has 0 aromatic carbocycles. The second-order valence-corrected chi connectivity index (χ2v) is 7.19. The van der Waals surface area contributed by atoms with E-state index in [2.05, 4.69) is 32.4 Å². The lowest BCUT2D eigenvalue weighted by molar-refractivity contribution is 0.0949. The van der Waals surface area contributed by atoms with Crippen LogP contribution in [0, 0.1) is 0 Å². The molecule has 0 bridgehead atoms. The number of nitrogens with one attached hydrogen (secondary N) is 1. The molecule has 7 nitrogen and oxygen atoms in total. The lowest BCUT2D eigenvalue weighted by atomic mass is 9.94. The van der Waals surface area contributed by atoms with Gasteiger partial charge in [-0.25, -0.2) is 4.98 Å². The maximum atomic E-state index is 12.3. The fraction of sp³-hybridized carbons (Fsp3) is 0.579. The summed E-state index contributed by atoms with van der Waals surface area (Å²) in [4.78, 5) is 23.2. The molecule has 1 amide bonds. The van der Waals surface area contributed by atoms with Crippen LogP contribution < -0.4 is 10.2 Å². The Morgan fingerprint density at radius 1 is 1.31 bits per heavy atom. The molecule has 2 aromatic rings. The first-order valence-electron chi connectivity index (χ1n) is 9.34. The van der Waals surface area contributed by atoms with Crippen molar-refractivity contribution >= 4 is 11.7 Å². The zero-order valence-electron chi connectivity index (χ0n) is 15.7. The fourth-order valence-corrected chi connectivity index (χ4v) is 3.22. The quantitative estimate of drug-likeness (QED) is 0.854. The Hall–Kier alpha value is -2.44. The van der Waals surface area contributed by atoms with Crippen LogP contribution in [-0.4, -0.2) is 34.1 Å². The van der Waals surface area contributed by atoms with Crippen LogP contribution in [0.4, 0.5) is 5.82 Å². The number of pyridine rings is 1. The van der Waals surface area contributed by atoms with Crippen LogP contribution in [0.15, 0.2) is 22.9 Å². The summed E-state index contributed by atoms with van der Waals surface area (Å²) in [6.07, 6.45) is 7.94. The van der Waals surface area contributed by atoms with Gasteiger partial charge in [0, 0.05) is 25.2 Å². The van der Waals surface area contributed by atoms with E-state index in [-0.39, 0.29) is 18.4 Å². The number of carbonyl (C=O) groups is 1. The Morgan fingerprint density at radius 3 is 2.69 bits per heavy atom. The number of rotatable bonds is 6. The number of hydrogen-bond donors (Lipinski definition) is 1. The van der Waals surface area contributed by atoms with Gasteiger partial charge >= 0.3 is 0 Å². The van der Waals surface area contributed by atoms with Crippen LogP contribution in [0.25, 0.3) is 0 Å². The molecule has 1 saturated carbocycles. The van der Waals surface area contributed by atoms with E-state index >= 15 is 0 Å². The maximum absolute atomic E-state index is 12.3. The highest BCUT2D eigenvalue weighted by molar-refractivity contribution is 5.93. The van der Waals surface area contributed by atoms with Crippen molar-refractivity contribution < 1.29 is 9.32 Å². The molecule has 140 valence electrons. The van der Waals surface area contributed by atoms with Gasteiger partial charge in [-0.2, -0.15) is 4.98 Å². The minimum absolute atomic E-state index is 0.171. The van der Waals surface area contributed by atoms with Gasteiger partial charge in [-0.05, 0) is 25.0 Å². The largest absolute Gasteiger partial charge is 0.357 e. The van der Waals surface area contributed by atoms with Gasteiger partial charge in [0.25, 0.3) is 5.91 Å². The van der Waals surface area contributed by atoms with Crippen LogP contribution >= 0.6 is 0 Å². The van der Waals surface area contributed by atoms with Crippen LogP contribution in [-0.2, 0) is 6.54 Å². The Labute approximate surface area is 154 Å². The summed E-state index contributed by atoms with van der Waals surface area (Å²) in [5.74, 6) is 1.94. The van der Waals surface area contributed by atoms with E-state index in [1.807, 2.05) is 26.0 Å². The number of nitrogens with zero attached hydrogens (tertiary/aromatic N) is 4. The number of carbonyl (C=O) groups excluding carboxylic acids is 1. The molecule has 26 heavy (non-hydrogen) atoms. The third kappa shape index (κ3) is 4.39. The van der Waals surface area contributed by atoms with Crippen LogP contribution in [0.1, 0.15) is 73.9 Å². The van der Waals surface area contributed by atoms with Crippen molar-refractivity contribution in [2.24, 2.45) is 0 Å². The third-order valence-corrected chi connectivity index (χ3v) is 4.88. The molecule has 1 aliphatic rings. The summed E-state index contributed by atoms with van der Waals surface area (Å²) in [6.45, 7) is 4.19. The summed E-state index contributed by atoms with van der Waals surface area (Å²) in [7, 11) is 2.08. The number of hydrogen-bond acceptors (Lipinski definition) is 6. The Balaban J connectivity index is 1.56. The standard InChI is InChI=1S/C19H27N5O2/c1-13(2)19-22-16(23-26-19)12-21-18(25)14-9-10-17(20-11-14)24(3)15-7-5-4-6-8-15/h9-11,13,15H,4-8,12H2,1-3H3,(H,21,25). The van der Waals surface area contributed by atoms with Crippen LogP contribution in [0.5, 0.6) is 0 Å². The Kier molecular flexibility index (Phi) is 5.85. The van der Waals surface area contributed by atoms with Gasteiger partial charge in [0.15, 0.2) is 5.82 Å². The summed E-state index contributed by atoms with van der Waals surface area (Å²) in [6, 6.07) is 4.27. The molecule has 7 heteroatoms. The number of aromatic nitrogens is 3. The molecule has 2 aromatic heterocycles. The van der Waals surface area contributed by atoms with Crippen molar-refractivity contribution in [3.63, 3.8) is 0 Å². The summed E-state index contributed by atoms with van der Waals surface area (Å²) >= 11 is 0. The van der Waals surface area contributed by atoms with Gasteiger partial charge in [0.2, 0.25) is 5.89 Å². The zero-order valence-corrected chi connectivity index (χ0v) is 15.7. The number of amides is 1. The van der Waals surface area contributed by atoms with Gasteiger partial charge in [-0.3, -0.25) is 4.79 Å². The van der Waals surface area contributed by atoms with Crippen molar-refractivity contribution in [3.8, 4) is 0 Å². The van der Waals surface area contributed by atoms with Gasteiger partial charge in [0.05, 0.1) is 12.1 Å². The molecular formula is C19H27N5O2. The first kappa shape index (κ1) is 18.4. The molecule has 0 spiro atoms. The Morgan fingerprint density at radius 2 is 2.08 bits per heavy atom. The predicted molar refractivity (Wildman–Crippen MR) is 99.1 cm³/mol. The van der Waals surface area contributed by atoms with Crippen molar-refractivity contribution in [3.05, 3.63) is 35.6 Å². The van der Waals surface area contributed by atoms with E-state index in [9.17, 15) is 4.79 Å². The molecule has 3 rings (SSSR count). The zero-order chi connectivity index (χ0) is 18.5. The minimum Gasteiger partial charge on any atom is -0.357 e. The van der Waals surface area contributed by atoms with E-state index < -0.39 is 0 Å². The van der Waals surface area contributed by atoms with Crippen molar-refractivity contribution in [2.45, 2.75) is 64.5 Å². The summed E-state index contributed by atoms with van der Waals surface area (Å²) in [5, 5.41) is 6.67. The molecule has 0 aliphatic heterocycles. The Bertz CT molecular complexity index is 720. The van der Waals surface area contributed by atoms with Crippen molar-refractivity contribution in [1.29, 1.82) is 0 Å². The van der Waals surface area contributed by atoms with Crippen LogP contribution in [0.3, 0.4) is 0 Å². The molecule has 2 heterocycles. The average molecular weight is 357 g/mol. The van der Waals surface area contributed by atoms with E-state index in [1.54, 1.807) is 6.20 Å². The van der Waals surface area contributed by atoms with Gasteiger partial charge in [-0.15, -0.1) is 0 Å². The predicted octanol–water partition coefficient (Wildman–Crippen LogP) is 3.29. The third-order valence-electron chi connectivity index (χ3n) is 4.88. The second-order valence-electron chi connectivity index (χ2n) is 7.19. The van der Waals surface area contributed by atoms with E-state index in [4.69, 9.17) is 4.52 Å². The van der Waals surface area contributed by atoms with Crippen molar-refractivity contribution in [1.82, 2.24) is 20.4 Å². The van der Waals surface area contributed by atoms with Gasteiger partial charge in [0.1, 0.15) is 5.82 Å². The second kappa shape index (κ2) is 8.29.